The zero-order valence-electron chi connectivity index (χ0n) is 26.7. The third-order valence-corrected chi connectivity index (χ3v) is 9.26. The summed E-state index contributed by atoms with van der Waals surface area (Å²) in [6, 6.07) is 28.4. The van der Waals surface area contributed by atoms with Gasteiger partial charge in [-0.3, -0.25) is 13.9 Å². The van der Waals surface area contributed by atoms with Crippen LogP contribution in [0.4, 0.5) is 5.69 Å². The predicted molar refractivity (Wildman–Crippen MR) is 183 cm³/mol. The molecule has 8 nitrogen and oxygen atoms in total. The Kier molecular flexibility index (Phi) is 11.1. The highest BCUT2D eigenvalue weighted by Crippen LogP contribution is 2.28. The van der Waals surface area contributed by atoms with E-state index < -0.39 is 34.1 Å². The van der Waals surface area contributed by atoms with Crippen molar-refractivity contribution in [1.29, 1.82) is 0 Å². The first-order valence-electron chi connectivity index (χ1n) is 14.9. The van der Waals surface area contributed by atoms with Crippen LogP contribution in [0.25, 0.3) is 0 Å². The van der Waals surface area contributed by atoms with Crippen LogP contribution in [-0.2, 0) is 32.6 Å². The Bertz CT molecular complexity index is 1760. The lowest BCUT2D eigenvalue weighted by Gasteiger charge is -2.35. The van der Waals surface area contributed by atoms with E-state index in [2.05, 4.69) is 5.32 Å². The molecule has 0 unspecified atom stereocenters. The second kappa shape index (κ2) is 14.8. The lowest BCUT2D eigenvalue weighted by molar-refractivity contribution is -0.140. The number of methoxy groups -OCH3 is 1. The second-order valence-electron chi connectivity index (χ2n) is 12.1. The lowest BCUT2D eigenvalue weighted by atomic mass is 10.0. The summed E-state index contributed by atoms with van der Waals surface area (Å²) < 4.78 is 34.8. The first kappa shape index (κ1) is 34.5. The van der Waals surface area contributed by atoms with Crippen LogP contribution in [0.2, 0.25) is 5.02 Å². The topological polar surface area (TPSA) is 96.0 Å². The Morgan fingerprint density at radius 2 is 1.52 bits per heavy atom. The van der Waals surface area contributed by atoms with E-state index in [0.717, 1.165) is 15.4 Å². The minimum atomic E-state index is -4.23. The molecule has 4 rings (SSSR count). The maximum atomic E-state index is 14.6. The molecule has 10 heteroatoms. The summed E-state index contributed by atoms with van der Waals surface area (Å²) in [6.45, 7) is 6.92. The summed E-state index contributed by atoms with van der Waals surface area (Å²) >= 11 is 6.30. The molecular weight excluding hydrogens is 622 g/mol. The van der Waals surface area contributed by atoms with Crippen LogP contribution in [0.1, 0.15) is 37.5 Å². The number of benzene rings is 4. The average Bonchev–Trinajstić information content (AvgIpc) is 3.01. The van der Waals surface area contributed by atoms with Crippen LogP contribution >= 0.6 is 11.6 Å². The summed E-state index contributed by atoms with van der Waals surface area (Å²) in [5.41, 5.74) is 2.09. The Labute approximate surface area is 277 Å². The Morgan fingerprint density at radius 1 is 0.870 bits per heavy atom. The van der Waals surface area contributed by atoms with Crippen molar-refractivity contribution in [2.75, 3.05) is 18.0 Å². The molecule has 0 spiro atoms. The number of nitrogens with one attached hydrogen (secondary N) is 1. The normalized spacial score (nSPS) is 12.2. The van der Waals surface area contributed by atoms with Crippen molar-refractivity contribution in [3.63, 3.8) is 0 Å². The van der Waals surface area contributed by atoms with Gasteiger partial charge in [-0.25, -0.2) is 8.42 Å². The molecule has 0 heterocycles. The number of amides is 2. The van der Waals surface area contributed by atoms with Gasteiger partial charge >= 0.3 is 0 Å². The number of carbonyl (C=O) groups excluding carboxylic acids is 2. The molecule has 0 aliphatic heterocycles. The first-order valence-corrected chi connectivity index (χ1v) is 16.7. The van der Waals surface area contributed by atoms with Gasteiger partial charge in [0, 0.05) is 23.5 Å². The van der Waals surface area contributed by atoms with Crippen LogP contribution in [0.15, 0.2) is 108 Å². The molecule has 1 atom stereocenters. The number of sulfonamides is 1. The Morgan fingerprint density at radius 3 is 2.15 bits per heavy atom. The van der Waals surface area contributed by atoms with Crippen molar-refractivity contribution in [2.45, 2.75) is 57.1 Å². The van der Waals surface area contributed by atoms with Gasteiger partial charge in [0.25, 0.3) is 10.0 Å². The van der Waals surface area contributed by atoms with Gasteiger partial charge in [-0.15, -0.1) is 0 Å². The smallest absolute Gasteiger partial charge is 0.264 e. The molecule has 242 valence electrons. The van der Waals surface area contributed by atoms with Crippen molar-refractivity contribution in [1.82, 2.24) is 10.2 Å². The Hall–Kier alpha value is -4.34. The standard InChI is InChI=1S/C36H40ClN3O5S/c1-26-17-19-32(20-18-26)46(43,44)40(30-15-10-14-29(37)23-30)25-34(41)39(24-28-13-9-16-31(21-28)45-5)33(35(42)38-36(2,3)4)22-27-11-7-6-8-12-27/h6-21,23,33H,22,24-25H2,1-5H3,(H,38,42)/t33-/m0/s1. The van der Waals surface area contributed by atoms with Gasteiger partial charge < -0.3 is 15.0 Å². The quantitative estimate of drug-likeness (QED) is 0.189. The second-order valence-corrected chi connectivity index (χ2v) is 14.4. The summed E-state index contributed by atoms with van der Waals surface area (Å²) in [5.74, 6) is -0.335. The van der Waals surface area contributed by atoms with Gasteiger partial charge in [-0.05, 0) is 81.3 Å². The lowest BCUT2D eigenvalue weighted by Crippen LogP contribution is -2.56. The largest absolute Gasteiger partial charge is 0.497 e. The van der Waals surface area contributed by atoms with Crippen molar-refractivity contribution in [2.24, 2.45) is 0 Å². The molecule has 1 N–H and O–H groups in total. The van der Waals surface area contributed by atoms with Gasteiger partial charge in [-0.2, -0.15) is 0 Å². The van der Waals surface area contributed by atoms with Gasteiger partial charge in [0.1, 0.15) is 18.3 Å². The van der Waals surface area contributed by atoms with E-state index in [1.54, 1.807) is 55.6 Å². The summed E-state index contributed by atoms with van der Waals surface area (Å²) in [6.07, 6.45) is 0.209. The van der Waals surface area contributed by atoms with E-state index >= 15 is 0 Å². The molecule has 0 saturated carbocycles. The third-order valence-electron chi connectivity index (χ3n) is 7.24. The molecule has 0 aliphatic carbocycles. The zero-order chi connectivity index (χ0) is 33.5. The van der Waals surface area contributed by atoms with Gasteiger partial charge in [0.15, 0.2) is 0 Å². The highest BCUT2D eigenvalue weighted by atomic mass is 35.5. The molecule has 0 radical (unpaired) electrons. The number of halogens is 1. The average molecular weight is 662 g/mol. The molecule has 46 heavy (non-hydrogen) atoms. The predicted octanol–water partition coefficient (Wildman–Crippen LogP) is 6.41. The molecule has 2 amide bonds. The number of aryl methyl sites for hydroxylation is 1. The number of hydrogen-bond donors (Lipinski definition) is 1. The van der Waals surface area contributed by atoms with E-state index in [1.165, 1.54) is 23.1 Å². The fraction of sp³-hybridized carbons (Fsp3) is 0.278. The van der Waals surface area contributed by atoms with Gasteiger partial charge in [0.05, 0.1) is 17.7 Å². The van der Waals surface area contributed by atoms with Crippen LogP contribution in [-0.4, -0.2) is 50.4 Å². The van der Waals surface area contributed by atoms with Crippen molar-refractivity contribution in [3.8, 4) is 5.75 Å². The van der Waals surface area contributed by atoms with E-state index in [4.69, 9.17) is 16.3 Å². The number of rotatable bonds is 12. The van der Waals surface area contributed by atoms with E-state index in [0.29, 0.717) is 16.3 Å². The number of nitrogens with zero attached hydrogens (tertiary/aromatic N) is 2. The van der Waals surface area contributed by atoms with Crippen LogP contribution in [0, 0.1) is 6.92 Å². The van der Waals surface area contributed by atoms with Crippen LogP contribution < -0.4 is 14.4 Å². The molecule has 0 aromatic heterocycles. The molecule has 4 aromatic rings. The molecule has 4 aromatic carbocycles. The molecule has 0 saturated heterocycles. The van der Waals surface area contributed by atoms with Crippen LogP contribution in [0.5, 0.6) is 5.75 Å². The SMILES string of the molecule is COc1cccc(CN(C(=O)CN(c2cccc(Cl)c2)S(=O)(=O)c2ccc(C)cc2)[C@@H](Cc2ccccc2)C(=O)NC(C)(C)C)c1. The number of anilines is 1. The molecular formula is C36H40ClN3O5S. The zero-order valence-corrected chi connectivity index (χ0v) is 28.3. The van der Waals surface area contributed by atoms with Gasteiger partial charge in [0.2, 0.25) is 11.8 Å². The minimum Gasteiger partial charge on any atom is -0.497 e. The minimum absolute atomic E-state index is 0.0246. The van der Waals surface area contributed by atoms with E-state index in [1.807, 2.05) is 64.1 Å². The summed E-state index contributed by atoms with van der Waals surface area (Å²) in [5, 5.41) is 3.34. The number of ether oxygens (including phenoxy) is 1. The molecule has 0 aliphatic rings. The Balaban J connectivity index is 1.83. The summed E-state index contributed by atoms with van der Waals surface area (Å²) in [7, 11) is -2.68. The summed E-state index contributed by atoms with van der Waals surface area (Å²) in [4.78, 5) is 30.0. The van der Waals surface area contributed by atoms with Crippen LogP contribution in [0.3, 0.4) is 0 Å². The number of hydrogen-bond acceptors (Lipinski definition) is 5. The highest BCUT2D eigenvalue weighted by molar-refractivity contribution is 7.92. The maximum Gasteiger partial charge on any atom is 0.264 e. The maximum absolute atomic E-state index is 14.6. The monoisotopic (exact) mass is 661 g/mol. The van der Waals surface area contributed by atoms with E-state index in [-0.39, 0.29) is 29.5 Å². The van der Waals surface area contributed by atoms with Gasteiger partial charge in [-0.1, -0.05) is 77.8 Å². The van der Waals surface area contributed by atoms with Crippen molar-refractivity contribution in [3.05, 3.63) is 125 Å². The fourth-order valence-corrected chi connectivity index (χ4v) is 6.56. The van der Waals surface area contributed by atoms with E-state index in [9.17, 15) is 18.0 Å². The first-order chi connectivity index (χ1) is 21.8. The fourth-order valence-electron chi connectivity index (χ4n) is 4.97. The molecule has 0 fully saturated rings. The third kappa shape index (κ3) is 9.11. The molecule has 0 bridgehead atoms. The number of carbonyl (C=O) groups is 2. The van der Waals surface area contributed by atoms with Crippen molar-refractivity contribution < 1.29 is 22.7 Å². The van der Waals surface area contributed by atoms with Crippen molar-refractivity contribution >= 4 is 39.1 Å². The highest BCUT2D eigenvalue weighted by Gasteiger charge is 2.35.